The Morgan fingerprint density at radius 3 is 1.87 bits per heavy atom. The summed E-state index contributed by atoms with van der Waals surface area (Å²) >= 11 is 0. The molecule has 1 aliphatic carbocycles. The van der Waals surface area contributed by atoms with Gasteiger partial charge in [0, 0.05) is 34.9 Å². The number of nitrogens with zero attached hydrogens (tertiary/aromatic N) is 3. The third-order valence-electron chi connectivity index (χ3n) is 3.49. The van der Waals surface area contributed by atoms with Crippen molar-refractivity contribution >= 4 is 22.8 Å². The van der Waals surface area contributed by atoms with Gasteiger partial charge in [0.15, 0.2) is 0 Å². The Bertz CT molecular complexity index is 935. The molecule has 10 nitrogen and oxygen atoms in total. The van der Waals surface area contributed by atoms with E-state index in [4.69, 9.17) is 0 Å². The van der Waals surface area contributed by atoms with Gasteiger partial charge in [-0.2, -0.15) is 0 Å². The molecule has 0 bridgehead atoms. The normalized spacial score (nSPS) is 11.7. The van der Waals surface area contributed by atoms with Gasteiger partial charge in [-0.3, -0.25) is 35.1 Å². The average Bonchev–Trinajstić information content (AvgIpc) is 2.79. The first-order chi connectivity index (χ1) is 10.8. The summed E-state index contributed by atoms with van der Waals surface area (Å²) in [6.45, 7) is 0. The van der Waals surface area contributed by atoms with Crippen LogP contribution in [-0.4, -0.2) is 20.6 Å². The molecule has 0 aliphatic heterocycles. The summed E-state index contributed by atoms with van der Waals surface area (Å²) in [4.78, 5) is 42.8. The highest BCUT2D eigenvalue weighted by molar-refractivity contribution is 6.24. The molecule has 0 N–H and O–H groups in total. The van der Waals surface area contributed by atoms with Crippen molar-refractivity contribution < 1.29 is 19.6 Å². The molecule has 0 aromatic heterocycles. The van der Waals surface area contributed by atoms with Crippen LogP contribution in [0.15, 0.2) is 30.3 Å². The van der Waals surface area contributed by atoms with Gasteiger partial charge in [-0.1, -0.05) is 0 Å². The van der Waals surface area contributed by atoms with E-state index in [-0.39, 0.29) is 27.9 Å². The third kappa shape index (κ3) is 2.00. The first-order valence-electron chi connectivity index (χ1n) is 6.11. The van der Waals surface area contributed by atoms with Crippen LogP contribution in [0, 0.1) is 30.3 Å². The standard InChI is InChI=1S/C13H5N3O7/c17-13-8-2-1-6(14(18)19)3-9(8)10-4-7(15(20)21)5-11(12(10)13)16(22)23/h1-5H. The Labute approximate surface area is 126 Å². The molecule has 0 atom stereocenters. The Kier molecular flexibility index (Phi) is 2.89. The molecule has 0 fully saturated rings. The number of nitro groups is 3. The minimum Gasteiger partial charge on any atom is -0.288 e. The average molecular weight is 315 g/mol. The fourth-order valence-electron chi connectivity index (χ4n) is 2.51. The van der Waals surface area contributed by atoms with E-state index in [1.165, 1.54) is 6.07 Å². The second kappa shape index (κ2) is 4.66. The van der Waals surface area contributed by atoms with Crippen molar-refractivity contribution in [1.82, 2.24) is 0 Å². The van der Waals surface area contributed by atoms with Gasteiger partial charge in [-0.15, -0.1) is 0 Å². The number of hydrogen-bond donors (Lipinski definition) is 0. The van der Waals surface area contributed by atoms with Crippen LogP contribution >= 0.6 is 0 Å². The third-order valence-corrected chi connectivity index (χ3v) is 3.49. The quantitative estimate of drug-likeness (QED) is 0.533. The first-order valence-corrected chi connectivity index (χ1v) is 6.11. The van der Waals surface area contributed by atoms with E-state index in [1.54, 1.807) is 0 Å². The summed E-state index contributed by atoms with van der Waals surface area (Å²) < 4.78 is 0. The van der Waals surface area contributed by atoms with Crippen LogP contribution in [0.3, 0.4) is 0 Å². The molecule has 0 saturated carbocycles. The number of fused-ring (bicyclic) bond motifs is 3. The highest BCUT2D eigenvalue weighted by atomic mass is 16.6. The van der Waals surface area contributed by atoms with Crippen molar-refractivity contribution in [3.8, 4) is 11.1 Å². The molecule has 2 aromatic rings. The number of hydrogen-bond acceptors (Lipinski definition) is 7. The van der Waals surface area contributed by atoms with Crippen molar-refractivity contribution in [3.63, 3.8) is 0 Å². The van der Waals surface area contributed by atoms with Crippen molar-refractivity contribution in [2.24, 2.45) is 0 Å². The molecular weight excluding hydrogens is 310 g/mol. The molecule has 23 heavy (non-hydrogen) atoms. The monoisotopic (exact) mass is 315 g/mol. The molecule has 114 valence electrons. The number of rotatable bonds is 3. The lowest BCUT2D eigenvalue weighted by atomic mass is 10.0. The maximum absolute atomic E-state index is 12.3. The van der Waals surface area contributed by atoms with Crippen LogP contribution in [-0.2, 0) is 0 Å². The Morgan fingerprint density at radius 1 is 0.696 bits per heavy atom. The minimum absolute atomic E-state index is 0.0363. The van der Waals surface area contributed by atoms with Crippen LogP contribution in [0.4, 0.5) is 17.1 Å². The molecular formula is C13H5N3O7. The largest absolute Gasteiger partial charge is 0.288 e. The van der Waals surface area contributed by atoms with Gasteiger partial charge in [0.05, 0.1) is 20.8 Å². The zero-order valence-electron chi connectivity index (χ0n) is 11.1. The zero-order valence-corrected chi connectivity index (χ0v) is 11.1. The van der Waals surface area contributed by atoms with Crippen molar-refractivity contribution in [2.75, 3.05) is 0 Å². The number of carbonyl (C=O) groups is 1. The lowest BCUT2D eigenvalue weighted by Gasteiger charge is -2.01. The molecule has 10 heteroatoms. The summed E-state index contributed by atoms with van der Waals surface area (Å²) in [5, 5.41) is 32.9. The highest BCUT2D eigenvalue weighted by Crippen LogP contribution is 2.44. The maximum atomic E-state index is 12.3. The molecule has 1 aliphatic rings. The van der Waals surface area contributed by atoms with E-state index >= 15 is 0 Å². The van der Waals surface area contributed by atoms with Crippen LogP contribution in [0.2, 0.25) is 0 Å². The highest BCUT2D eigenvalue weighted by Gasteiger charge is 2.37. The summed E-state index contributed by atoms with van der Waals surface area (Å²) in [7, 11) is 0. The molecule has 0 spiro atoms. The van der Waals surface area contributed by atoms with Gasteiger partial charge in [0.1, 0.15) is 5.56 Å². The van der Waals surface area contributed by atoms with E-state index in [2.05, 4.69) is 0 Å². The minimum atomic E-state index is -0.885. The summed E-state index contributed by atoms with van der Waals surface area (Å²) in [5.74, 6) is -0.688. The van der Waals surface area contributed by atoms with Crippen LogP contribution in [0.25, 0.3) is 11.1 Å². The number of benzene rings is 2. The number of ketones is 1. The lowest BCUT2D eigenvalue weighted by Crippen LogP contribution is -2.02. The maximum Gasteiger partial charge on any atom is 0.288 e. The molecule has 0 heterocycles. The fourth-order valence-corrected chi connectivity index (χ4v) is 2.51. The Balaban J connectivity index is 2.38. The second-order valence-corrected chi connectivity index (χ2v) is 4.72. The molecule has 0 saturated heterocycles. The van der Waals surface area contributed by atoms with E-state index in [9.17, 15) is 35.1 Å². The van der Waals surface area contributed by atoms with Gasteiger partial charge >= 0.3 is 0 Å². The molecule has 2 aromatic carbocycles. The van der Waals surface area contributed by atoms with Gasteiger partial charge in [0.25, 0.3) is 17.1 Å². The molecule has 3 rings (SSSR count). The second-order valence-electron chi connectivity index (χ2n) is 4.72. The Morgan fingerprint density at radius 2 is 1.30 bits per heavy atom. The van der Waals surface area contributed by atoms with Crippen molar-refractivity contribution in [2.45, 2.75) is 0 Å². The van der Waals surface area contributed by atoms with E-state index in [1.807, 2.05) is 0 Å². The SMILES string of the molecule is O=C1c2ccc([N+](=O)[O-])cc2-c2cc([N+](=O)[O-])cc([N+](=O)[O-])c21. The number of nitro benzene ring substituents is 3. The molecule has 0 amide bonds. The number of carbonyl (C=O) groups excluding carboxylic acids is 1. The van der Waals surface area contributed by atoms with Crippen LogP contribution in [0.5, 0.6) is 0 Å². The fraction of sp³-hybridized carbons (Fsp3) is 0. The van der Waals surface area contributed by atoms with Gasteiger partial charge < -0.3 is 0 Å². The van der Waals surface area contributed by atoms with E-state index < -0.39 is 31.9 Å². The molecule has 0 unspecified atom stereocenters. The summed E-state index contributed by atoms with van der Waals surface area (Å²) in [6, 6.07) is 5.08. The van der Waals surface area contributed by atoms with Crippen LogP contribution < -0.4 is 0 Å². The first kappa shape index (κ1) is 14.3. The predicted octanol–water partition coefficient (Wildman–Crippen LogP) is 2.62. The smallest absolute Gasteiger partial charge is 0.288 e. The summed E-state index contributed by atoms with van der Waals surface area (Å²) in [5.41, 5.74) is -1.81. The number of non-ortho nitro benzene ring substituents is 2. The zero-order chi connectivity index (χ0) is 16.9. The summed E-state index contributed by atoms with van der Waals surface area (Å²) in [6.07, 6.45) is 0. The lowest BCUT2D eigenvalue weighted by molar-refractivity contribution is -0.394. The van der Waals surface area contributed by atoms with Gasteiger partial charge in [-0.05, 0) is 6.07 Å². The predicted molar refractivity (Wildman–Crippen MR) is 75.3 cm³/mol. The van der Waals surface area contributed by atoms with E-state index in [0.29, 0.717) is 6.07 Å². The topological polar surface area (TPSA) is 146 Å². The van der Waals surface area contributed by atoms with Gasteiger partial charge in [0.2, 0.25) is 5.78 Å². The van der Waals surface area contributed by atoms with E-state index in [0.717, 1.165) is 18.2 Å². The van der Waals surface area contributed by atoms with Crippen molar-refractivity contribution in [1.29, 1.82) is 0 Å². The Hall–Kier alpha value is -3.69. The van der Waals surface area contributed by atoms with Crippen molar-refractivity contribution in [3.05, 3.63) is 71.8 Å². The van der Waals surface area contributed by atoms with Gasteiger partial charge in [-0.25, -0.2) is 0 Å². The van der Waals surface area contributed by atoms with Crippen LogP contribution in [0.1, 0.15) is 15.9 Å². The molecule has 0 radical (unpaired) electrons.